The maximum absolute atomic E-state index is 11.5. The molecule has 0 saturated carbocycles. The maximum Gasteiger partial charge on any atom is 0.152 e. The molecule has 5 nitrogen and oxygen atoms in total. The summed E-state index contributed by atoms with van der Waals surface area (Å²) in [5.74, 6) is 0.504. The second-order valence-corrected chi connectivity index (χ2v) is 6.11. The van der Waals surface area contributed by atoms with Crippen molar-refractivity contribution in [2.45, 2.75) is 25.4 Å². The number of hydrogen-bond acceptors (Lipinski definition) is 4. The van der Waals surface area contributed by atoms with Crippen molar-refractivity contribution < 1.29 is 8.42 Å². The Labute approximate surface area is 89.2 Å². The highest BCUT2D eigenvalue weighted by atomic mass is 32.2. The van der Waals surface area contributed by atoms with Crippen LogP contribution in [0.2, 0.25) is 0 Å². The number of nitrogens with zero attached hydrogens (tertiary/aromatic N) is 2. The molecule has 1 saturated heterocycles. The van der Waals surface area contributed by atoms with Gasteiger partial charge in [-0.3, -0.25) is 4.68 Å². The number of sulfone groups is 1. The van der Waals surface area contributed by atoms with Gasteiger partial charge in [0.05, 0.1) is 23.2 Å². The van der Waals surface area contributed by atoms with E-state index in [0.717, 1.165) is 18.5 Å². The third-order valence-electron chi connectivity index (χ3n) is 2.75. The second-order valence-electron chi connectivity index (χ2n) is 3.88. The first-order valence-electron chi connectivity index (χ1n) is 5.05. The van der Waals surface area contributed by atoms with Gasteiger partial charge in [-0.2, -0.15) is 5.10 Å². The molecule has 0 aromatic carbocycles. The van der Waals surface area contributed by atoms with Crippen LogP contribution in [0.25, 0.3) is 0 Å². The zero-order chi connectivity index (χ0) is 10.9. The molecular weight excluding hydrogens is 214 g/mol. The molecule has 84 valence electrons. The summed E-state index contributed by atoms with van der Waals surface area (Å²) >= 11 is 0. The van der Waals surface area contributed by atoms with E-state index in [1.807, 2.05) is 6.07 Å². The zero-order valence-corrected chi connectivity index (χ0v) is 9.28. The van der Waals surface area contributed by atoms with Crippen LogP contribution in [0.4, 0.5) is 0 Å². The summed E-state index contributed by atoms with van der Waals surface area (Å²) in [5.41, 5.74) is 6.46. The molecule has 1 fully saturated rings. The number of nitrogens with two attached hydrogens (primary N) is 1. The van der Waals surface area contributed by atoms with Gasteiger partial charge in [-0.15, -0.1) is 0 Å². The van der Waals surface area contributed by atoms with Gasteiger partial charge in [0.1, 0.15) is 0 Å². The monoisotopic (exact) mass is 229 g/mol. The standard InChI is InChI=1S/C9H15N3O2S/c10-6-8-3-4-11-12(8)9-2-1-5-15(13,14)7-9/h3-4,9H,1-2,5-7,10H2. The normalized spacial score (nSPS) is 25.3. The fraction of sp³-hybridized carbons (Fsp3) is 0.667. The molecule has 1 atom stereocenters. The van der Waals surface area contributed by atoms with Gasteiger partial charge in [-0.05, 0) is 18.9 Å². The molecule has 1 unspecified atom stereocenters. The lowest BCUT2D eigenvalue weighted by atomic mass is 10.2. The SMILES string of the molecule is NCc1ccnn1C1CCCS(=O)(=O)C1. The molecule has 0 spiro atoms. The number of rotatable bonds is 2. The number of aromatic nitrogens is 2. The average molecular weight is 229 g/mol. The van der Waals surface area contributed by atoms with Crippen LogP contribution in [-0.2, 0) is 16.4 Å². The fourth-order valence-corrected chi connectivity index (χ4v) is 3.69. The Balaban J connectivity index is 2.24. The van der Waals surface area contributed by atoms with E-state index in [4.69, 9.17) is 5.73 Å². The van der Waals surface area contributed by atoms with Crippen LogP contribution in [0.15, 0.2) is 12.3 Å². The molecule has 1 aliphatic rings. The van der Waals surface area contributed by atoms with Crippen molar-refractivity contribution in [3.05, 3.63) is 18.0 Å². The van der Waals surface area contributed by atoms with Crippen molar-refractivity contribution in [1.82, 2.24) is 9.78 Å². The smallest absolute Gasteiger partial charge is 0.152 e. The Bertz CT molecular complexity index is 438. The second kappa shape index (κ2) is 3.94. The molecule has 0 aliphatic carbocycles. The van der Waals surface area contributed by atoms with E-state index < -0.39 is 9.84 Å². The first-order chi connectivity index (χ1) is 7.12. The van der Waals surface area contributed by atoms with E-state index in [1.165, 1.54) is 0 Å². The van der Waals surface area contributed by atoms with Gasteiger partial charge in [0.25, 0.3) is 0 Å². The maximum atomic E-state index is 11.5. The summed E-state index contributed by atoms with van der Waals surface area (Å²) in [7, 11) is -2.88. The lowest BCUT2D eigenvalue weighted by molar-refractivity contribution is 0.423. The van der Waals surface area contributed by atoms with Gasteiger partial charge in [0, 0.05) is 12.7 Å². The van der Waals surface area contributed by atoms with Gasteiger partial charge in [-0.25, -0.2) is 8.42 Å². The average Bonchev–Trinajstić information content (AvgIpc) is 2.63. The van der Waals surface area contributed by atoms with Crippen LogP contribution >= 0.6 is 0 Å². The Hall–Kier alpha value is -0.880. The minimum absolute atomic E-state index is 0.0303. The van der Waals surface area contributed by atoms with Gasteiger partial charge in [-0.1, -0.05) is 0 Å². The van der Waals surface area contributed by atoms with Crippen LogP contribution in [0.1, 0.15) is 24.6 Å². The topological polar surface area (TPSA) is 78.0 Å². The lowest BCUT2D eigenvalue weighted by Crippen LogP contribution is -2.29. The summed E-state index contributed by atoms with van der Waals surface area (Å²) in [6, 6.07) is 1.80. The first kappa shape index (κ1) is 10.6. The van der Waals surface area contributed by atoms with E-state index >= 15 is 0 Å². The summed E-state index contributed by atoms with van der Waals surface area (Å²) in [6.45, 7) is 0.399. The van der Waals surface area contributed by atoms with Crippen LogP contribution in [-0.4, -0.2) is 29.7 Å². The molecule has 15 heavy (non-hydrogen) atoms. The quantitative estimate of drug-likeness (QED) is 0.779. The molecule has 1 aromatic heterocycles. The van der Waals surface area contributed by atoms with Crippen molar-refractivity contribution in [3.8, 4) is 0 Å². The summed E-state index contributed by atoms with van der Waals surface area (Å²) in [4.78, 5) is 0. The van der Waals surface area contributed by atoms with Crippen LogP contribution < -0.4 is 5.73 Å². The predicted molar refractivity (Wildman–Crippen MR) is 57.0 cm³/mol. The highest BCUT2D eigenvalue weighted by Gasteiger charge is 2.27. The van der Waals surface area contributed by atoms with E-state index in [0.29, 0.717) is 12.3 Å². The summed E-state index contributed by atoms with van der Waals surface area (Å²) in [5, 5.41) is 4.15. The van der Waals surface area contributed by atoms with E-state index in [2.05, 4.69) is 5.10 Å². The molecule has 1 aromatic rings. The van der Waals surface area contributed by atoms with Crippen molar-refractivity contribution in [2.75, 3.05) is 11.5 Å². The van der Waals surface area contributed by atoms with Crippen molar-refractivity contribution in [1.29, 1.82) is 0 Å². The van der Waals surface area contributed by atoms with Crippen LogP contribution in [0.5, 0.6) is 0 Å². The predicted octanol–water partition coefficient (Wildman–Crippen LogP) is 0.0915. The Morgan fingerprint density at radius 2 is 2.40 bits per heavy atom. The molecule has 0 amide bonds. The third kappa shape index (κ3) is 2.21. The van der Waals surface area contributed by atoms with Crippen molar-refractivity contribution in [3.63, 3.8) is 0 Å². The molecule has 1 aliphatic heterocycles. The first-order valence-corrected chi connectivity index (χ1v) is 6.87. The fourth-order valence-electron chi connectivity index (χ4n) is 2.02. The molecule has 0 radical (unpaired) electrons. The Kier molecular flexibility index (Phi) is 2.79. The Morgan fingerprint density at radius 1 is 1.60 bits per heavy atom. The van der Waals surface area contributed by atoms with Gasteiger partial charge < -0.3 is 5.73 Å². The molecule has 2 N–H and O–H groups in total. The van der Waals surface area contributed by atoms with E-state index in [9.17, 15) is 8.42 Å². The molecule has 0 bridgehead atoms. The van der Waals surface area contributed by atoms with Crippen molar-refractivity contribution in [2.24, 2.45) is 5.73 Å². The van der Waals surface area contributed by atoms with Gasteiger partial charge in [0.2, 0.25) is 0 Å². The van der Waals surface area contributed by atoms with Crippen molar-refractivity contribution >= 4 is 9.84 Å². The Morgan fingerprint density at radius 3 is 3.07 bits per heavy atom. The third-order valence-corrected chi connectivity index (χ3v) is 4.55. The minimum atomic E-state index is -2.88. The van der Waals surface area contributed by atoms with E-state index in [1.54, 1.807) is 10.9 Å². The number of hydrogen-bond donors (Lipinski definition) is 1. The van der Waals surface area contributed by atoms with Crippen LogP contribution in [0.3, 0.4) is 0 Å². The minimum Gasteiger partial charge on any atom is -0.325 e. The highest BCUT2D eigenvalue weighted by molar-refractivity contribution is 7.91. The molecule has 6 heteroatoms. The van der Waals surface area contributed by atoms with Gasteiger partial charge in [0.15, 0.2) is 9.84 Å². The summed E-state index contributed by atoms with van der Waals surface area (Å²) < 4.78 is 24.7. The lowest BCUT2D eigenvalue weighted by Gasteiger charge is -2.23. The zero-order valence-electron chi connectivity index (χ0n) is 8.46. The molecular formula is C9H15N3O2S. The summed E-state index contributed by atoms with van der Waals surface area (Å²) in [6.07, 6.45) is 3.26. The molecule has 2 rings (SSSR count). The van der Waals surface area contributed by atoms with E-state index in [-0.39, 0.29) is 11.8 Å². The van der Waals surface area contributed by atoms with Gasteiger partial charge >= 0.3 is 0 Å². The largest absolute Gasteiger partial charge is 0.325 e. The molecule has 2 heterocycles. The van der Waals surface area contributed by atoms with Crippen LogP contribution in [0, 0.1) is 0 Å². The highest BCUT2D eigenvalue weighted by Crippen LogP contribution is 2.23.